The van der Waals surface area contributed by atoms with E-state index in [2.05, 4.69) is 14.9 Å². The highest BCUT2D eigenvalue weighted by molar-refractivity contribution is 7.90. The van der Waals surface area contributed by atoms with Gasteiger partial charge in [0.25, 0.3) is 0 Å². The van der Waals surface area contributed by atoms with E-state index >= 15 is 0 Å². The maximum Gasteiger partial charge on any atom is 0.490 e. The lowest BCUT2D eigenvalue weighted by molar-refractivity contribution is -0.192. The topological polar surface area (TPSA) is 104 Å². The molecular weight excluding hydrogens is 572 g/mol. The largest absolute Gasteiger partial charge is 0.490 e. The molecule has 8 nitrogen and oxygen atoms in total. The molecule has 38 heavy (non-hydrogen) atoms. The van der Waals surface area contributed by atoms with Crippen molar-refractivity contribution in [3.8, 4) is 0 Å². The number of likely N-dealkylation sites (tertiary alicyclic amines) is 1. The Hall–Kier alpha value is -2.81. The van der Waals surface area contributed by atoms with E-state index in [1.54, 1.807) is 17.1 Å². The SMILES string of the molecule is CN(c1cc(F)c(S(=O)(=O)Cc2cscn2)cc1Cl)[C@H]1CCN(Cc2ccccn2)C1.O=C(O)C(F)(F)F. The molecule has 0 amide bonds. The van der Waals surface area contributed by atoms with Gasteiger partial charge in [0.1, 0.15) is 10.7 Å². The number of nitrogens with zero attached hydrogens (tertiary/aromatic N) is 4. The first kappa shape index (κ1) is 29.7. The van der Waals surface area contributed by atoms with Gasteiger partial charge in [-0.15, -0.1) is 11.3 Å². The lowest BCUT2D eigenvalue weighted by Gasteiger charge is -2.28. The summed E-state index contributed by atoms with van der Waals surface area (Å²) in [7, 11) is -2.03. The molecule has 4 rings (SSSR count). The highest BCUT2D eigenvalue weighted by Crippen LogP contribution is 2.34. The van der Waals surface area contributed by atoms with E-state index in [1.165, 1.54) is 23.5 Å². The molecule has 0 saturated carbocycles. The maximum atomic E-state index is 14.9. The molecule has 1 fully saturated rings. The minimum Gasteiger partial charge on any atom is -0.475 e. The van der Waals surface area contributed by atoms with Crippen LogP contribution in [0.3, 0.4) is 0 Å². The second-order valence-corrected chi connectivity index (χ2v) is 11.5. The number of benzene rings is 1. The number of aliphatic carboxylic acids is 1. The van der Waals surface area contributed by atoms with Gasteiger partial charge >= 0.3 is 12.1 Å². The molecule has 206 valence electrons. The van der Waals surface area contributed by atoms with Crippen LogP contribution in [0, 0.1) is 5.82 Å². The van der Waals surface area contributed by atoms with Crippen LogP contribution in [0.15, 0.2) is 52.3 Å². The molecule has 1 saturated heterocycles. The first-order valence-electron chi connectivity index (χ1n) is 11.0. The molecule has 0 bridgehead atoms. The number of hydrogen-bond acceptors (Lipinski definition) is 8. The second kappa shape index (κ2) is 12.4. The van der Waals surface area contributed by atoms with Gasteiger partial charge in [0, 0.05) is 50.4 Å². The number of likely N-dealkylation sites (N-methyl/N-ethyl adjacent to an activating group) is 1. The number of aromatic nitrogens is 2. The van der Waals surface area contributed by atoms with Crippen LogP contribution >= 0.6 is 22.9 Å². The Morgan fingerprint density at radius 1 is 1.26 bits per heavy atom. The molecule has 0 spiro atoms. The van der Waals surface area contributed by atoms with Crippen LogP contribution < -0.4 is 4.90 Å². The van der Waals surface area contributed by atoms with Gasteiger partial charge in [-0.3, -0.25) is 9.88 Å². The average Bonchev–Trinajstić information content (AvgIpc) is 3.52. The molecule has 3 heterocycles. The number of alkyl halides is 3. The minimum absolute atomic E-state index is 0.137. The van der Waals surface area contributed by atoms with Crippen molar-refractivity contribution in [3.63, 3.8) is 0 Å². The van der Waals surface area contributed by atoms with Crippen molar-refractivity contribution in [1.82, 2.24) is 14.9 Å². The number of carboxylic acid groups (broad SMARTS) is 1. The number of halogens is 5. The number of pyridine rings is 1. The highest BCUT2D eigenvalue weighted by Gasteiger charge is 2.38. The van der Waals surface area contributed by atoms with Gasteiger partial charge in [-0.2, -0.15) is 13.2 Å². The van der Waals surface area contributed by atoms with Crippen LogP contribution in [-0.4, -0.2) is 66.7 Å². The standard InChI is InChI=1S/C21H22ClFN4O2S2.C2HF3O2/c1-26(17-5-7-27(11-17)10-15-4-2-3-6-24-15)20-9-19(23)21(8-18(20)22)31(28,29)13-16-12-30-14-25-16;3-2(4,5)1(6)7/h2-4,6,8-9,12,14,17H,5,7,10-11,13H2,1H3;(H,6,7)/t17-;/m0./s1. The van der Waals surface area contributed by atoms with E-state index in [1.807, 2.05) is 30.1 Å². The van der Waals surface area contributed by atoms with Crippen molar-refractivity contribution in [1.29, 1.82) is 0 Å². The second-order valence-electron chi connectivity index (χ2n) is 8.39. The Morgan fingerprint density at radius 2 is 1.97 bits per heavy atom. The van der Waals surface area contributed by atoms with Crippen molar-refractivity contribution < 1.29 is 35.9 Å². The zero-order valence-corrected chi connectivity index (χ0v) is 22.3. The van der Waals surface area contributed by atoms with Gasteiger partial charge in [0.2, 0.25) is 0 Å². The fraction of sp³-hybridized carbons (Fsp3) is 0.348. The quantitative estimate of drug-likeness (QED) is 0.394. The van der Waals surface area contributed by atoms with Gasteiger partial charge in [-0.1, -0.05) is 17.7 Å². The summed E-state index contributed by atoms with van der Waals surface area (Å²) < 4.78 is 71.9. The van der Waals surface area contributed by atoms with Crippen molar-refractivity contribution in [2.45, 2.75) is 35.8 Å². The molecule has 0 aliphatic carbocycles. The predicted octanol–water partition coefficient (Wildman–Crippen LogP) is 4.65. The molecule has 1 aromatic carbocycles. The van der Waals surface area contributed by atoms with Crippen LogP contribution in [0.5, 0.6) is 0 Å². The fourth-order valence-electron chi connectivity index (χ4n) is 3.80. The summed E-state index contributed by atoms with van der Waals surface area (Å²) >= 11 is 7.71. The van der Waals surface area contributed by atoms with Crippen molar-refractivity contribution in [3.05, 3.63) is 69.6 Å². The summed E-state index contributed by atoms with van der Waals surface area (Å²) in [6, 6.07) is 8.42. The lowest BCUT2D eigenvalue weighted by atomic mass is 10.2. The Morgan fingerprint density at radius 3 is 2.55 bits per heavy atom. The predicted molar refractivity (Wildman–Crippen MR) is 134 cm³/mol. The maximum absolute atomic E-state index is 14.9. The molecule has 3 aromatic rings. The summed E-state index contributed by atoms with van der Waals surface area (Å²) in [5.41, 5.74) is 3.42. The molecule has 2 aromatic heterocycles. The van der Waals surface area contributed by atoms with Crippen LogP contribution in [0.25, 0.3) is 0 Å². The van der Waals surface area contributed by atoms with Gasteiger partial charge in [-0.25, -0.2) is 22.6 Å². The van der Waals surface area contributed by atoms with E-state index in [0.717, 1.165) is 31.7 Å². The number of rotatable bonds is 7. The van der Waals surface area contributed by atoms with Crippen LogP contribution in [-0.2, 0) is 26.9 Å². The fourth-order valence-corrected chi connectivity index (χ4v) is 6.18. The summed E-state index contributed by atoms with van der Waals surface area (Å²) in [5, 5.41) is 8.97. The van der Waals surface area contributed by atoms with Gasteiger partial charge < -0.3 is 10.0 Å². The zero-order chi connectivity index (χ0) is 28.1. The molecule has 1 aliphatic rings. The van der Waals surface area contributed by atoms with Crippen molar-refractivity contribution in [2.24, 2.45) is 0 Å². The first-order chi connectivity index (χ1) is 17.8. The summed E-state index contributed by atoms with van der Waals surface area (Å²) in [6.07, 6.45) is -2.41. The summed E-state index contributed by atoms with van der Waals surface area (Å²) in [4.78, 5) is 21.1. The number of thiazole rings is 1. The van der Waals surface area contributed by atoms with Crippen molar-refractivity contribution in [2.75, 3.05) is 25.0 Å². The van der Waals surface area contributed by atoms with Crippen LogP contribution in [0.4, 0.5) is 23.2 Å². The van der Waals surface area contributed by atoms with Gasteiger partial charge in [0.15, 0.2) is 9.84 Å². The molecule has 1 aliphatic heterocycles. The average molecular weight is 595 g/mol. The van der Waals surface area contributed by atoms with E-state index in [9.17, 15) is 26.0 Å². The Kier molecular flexibility index (Phi) is 9.68. The molecule has 15 heteroatoms. The third kappa shape index (κ3) is 7.85. The van der Waals surface area contributed by atoms with E-state index < -0.39 is 32.7 Å². The Balaban J connectivity index is 0.000000505. The van der Waals surface area contributed by atoms with E-state index in [4.69, 9.17) is 21.5 Å². The molecule has 0 radical (unpaired) electrons. The van der Waals surface area contributed by atoms with Crippen LogP contribution in [0.2, 0.25) is 5.02 Å². The Labute approximate surface area is 225 Å². The number of anilines is 1. The normalized spacial score (nSPS) is 16.1. The first-order valence-corrected chi connectivity index (χ1v) is 14.0. The number of carbonyl (C=O) groups is 1. The van der Waals surface area contributed by atoms with Gasteiger partial charge in [-0.05, 0) is 24.6 Å². The zero-order valence-electron chi connectivity index (χ0n) is 19.9. The third-order valence-corrected chi connectivity index (χ3v) is 8.28. The van der Waals surface area contributed by atoms with E-state index in [0.29, 0.717) is 11.4 Å². The minimum atomic E-state index is -5.08. The highest BCUT2D eigenvalue weighted by atomic mass is 35.5. The van der Waals surface area contributed by atoms with Crippen molar-refractivity contribution >= 4 is 44.4 Å². The molecule has 0 unspecified atom stereocenters. The van der Waals surface area contributed by atoms with Crippen LogP contribution in [0.1, 0.15) is 17.8 Å². The third-order valence-electron chi connectivity index (χ3n) is 5.69. The molecular formula is C23H23ClF4N4O4S2. The lowest BCUT2D eigenvalue weighted by Crippen LogP contribution is -2.34. The molecule has 1 atom stereocenters. The van der Waals surface area contributed by atoms with E-state index in [-0.39, 0.29) is 16.8 Å². The summed E-state index contributed by atoms with van der Waals surface area (Å²) in [6.45, 7) is 2.43. The molecule has 1 N–H and O–H groups in total. The smallest absolute Gasteiger partial charge is 0.475 e. The summed E-state index contributed by atoms with van der Waals surface area (Å²) in [5.74, 6) is -3.92. The Bertz CT molecular complexity index is 1340. The number of sulfone groups is 1. The number of carboxylic acids is 1. The van der Waals surface area contributed by atoms with Gasteiger partial charge in [0.05, 0.1) is 33.4 Å². The monoisotopic (exact) mass is 594 g/mol. The number of hydrogen-bond donors (Lipinski definition) is 1.